The Labute approximate surface area is 118 Å². The molecule has 1 heterocycles. The van der Waals surface area contributed by atoms with Crippen LogP contribution in [-0.4, -0.2) is 15.8 Å². The number of nitrogen functional groups attached to an aromatic ring is 1. The number of halogens is 1. The average Bonchev–Trinajstić information content (AvgIpc) is 2.41. The van der Waals surface area contributed by atoms with Crippen molar-refractivity contribution >= 4 is 34.6 Å². The van der Waals surface area contributed by atoms with E-state index in [1.165, 1.54) is 36.7 Å². The van der Waals surface area contributed by atoms with Gasteiger partial charge >= 0.3 is 0 Å². The number of benzene rings is 1. The van der Waals surface area contributed by atoms with Crippen LogP contribution in [0.15, 0.2) is 36.7 Å². The van der Waals surface area contributed by atoms with Crippen LogP contribution in [-0.2, 0) is 0 Å². The summed E-state index contributed by atoms with van der Waals surface area (Å²) in [4.78, 5) is 25.9. The van der Waals surface area contributed by atoms with Crippen molar-refractivity contribution in [1.82, 2.24) is 4.98 Å². The quantitative estimate of drug-likeness (QED) is 0.667. The molecule has 0 saturated heterocycles. The number of pyridine rings is 1. The van der Waals surface area contributed by atoms with Gasteiger partial charge < -0.3 is 11.1 Å². The van der Waals surface area contributed by atoms with Crippen LogP contribution in [0.25, 0.3) is 0 Å². The third-order valence-electron chi connectivity index (χ3n) is 2.50. The van der Waals surface area contributed by atoms with E-state index in [2.05, 4.69) is 10.3 Å². The second-order valence-corrected chi connectivity index (χ2v) is 4.25. The first kappa shape index (κ1) is 13.8. The Balaban J connectivity index is 2.27. The predicted molar refractivity (Wildman–Crippen MR) is 74.7 cm³/mol. The van der Waals surface area contributed by atoms with Crippen LogP contribution in [0, 0.1) is 10.1 Å². The highest BCUT2D eigenvalue weighted by atomic mass is 35.5. The van der Waals surface area contributed by atoms with Gasteiger partial charge in [-0.2, -0.15) is 0 Å². The van der Waals surface area contributed by atoms with Gasteiger partial charge in [0.1, 0.15) is 5.02 Å². The Hall–Kier alpha value is -2.67. The summed E-state index contributed by atoms with van der Waals surface area (Å²) in [5, 5.41) is 13.3. The van der Waals surface area contributed by atoms with Gasteiger partial charge in [0.15, 0.2) is 0 Å². The van der Waals surface area contributed by atoms with Crippen molar-refractivity contribution in [2.45, 2.75) is 0 Å². The molecule has 2 aromatic rings. The summed E-state index contributed by atoms with van der Waals surface area (Å²) in [6, 6.07) is 5.43. The Kier molecular flexibility index (Phi) is 3.81. The standard InChI is InChI=1S/C12H9ClN4O3/c13-9-2-1-7(5-11(9)17(19)20)16-12(18)8-3-4-15-6-10(8)14/h1-6H,14H2,(H,16,18). The number of hydrogen-bond acceptors (Lipinski definition) is 5. The fraction of sp³-hybridized carbons (Fsp3) is 0. The fourth-order valence-electron chi connectivity index (χ4n) is 1.54. The second-order valence-electron chi connectivity index (χ2n) is 3.84. The number of carbonyl (C=O) groups is 1. The van der Waals surface area contributed by atoms with Crippen molar-refractivity contribution < 1.29 is 9.72 Å². The summed E-state index contributed by atoms with van der Waals surface area (Å²) in [6.45, 7) is 0. The van der Waals surface area contributed by atoms with E-state index in [0.29, 0.717) is 0 Å². The van der Waals surface area contributed by atoms with Gasteiger partial charge in [0.25, 0.3) is 11.6 Å². The molecule has 102 valence electrons. The minimum absolute atomic E-state index is 0.00331. The van der Waals surface area contributed by atoms with Gasteiger partial charge in [0.05, 0.1) is 22.4 Å². The van der Waals surface area contributed by atoms with E-state index in [9.17, 15) is 14.9 Å². The molecular weight excluding hydrogens is 284 g/mol. The summed E-state index contributed by atoms with van der Waals surface area (Å²) in [6.07, 6.45) is 2.77. The number of nitro groups is 1. The van der Waals surface area contributed by atoms with E-state index in [4.69, 9.17) is 17.3 Å². The molecule has 1 aromatic heterocycles. The molecule has 0 bridgehead atoms. The molecule has 0 aliphatic heterocycles. The SMILES string of the molecule is Nc1cnccc1C(=O)Nc1ccc(Cl)c([N+](=O)[O-])c1. The van der Waals surface area contributed by atoms with Gasteiger partial charge in [-0.3, -0.25) is 19.9 Å². The average molecular weight is 293 g/mol. The molecule has 1 aromatic carbocycles. The lowest BCUT2D eigenvalue weighted by molar-refractivity contribution is -0.384. The molecule has 0 radical (unpaired) electrons. The first-order valence-corrected chi connectivity index (χ1v) is 5.81. The van der Waals surface area contributed by atoms with E-state index < -0.39 is 10.8 Å². The number of aromatic nitrogens is 1. The molecular formula is C12H9ClN4O3. The number of anilines is 2. The maximum atomic E-state index is 12.0. The summed E-state index contributed by atoms with van der Waals surface area (Å²) in [7, 11) is 0. The zero-order chi connectivity index (χ0) is 14.7. The maximum absolute atomic E-state index is 12.0. The Morgan fingerprint density at radius 2 is 2.15 bits per heavy atom. The molecule has 2 rings (SSSR count). The number of rotatable bonds is 3. The van der Waals surface area contributed by atoms with Crippen molar-refractivity contribution in [2.75, 3.05) is 11.1 Å². The van der Waals surface area contributed by atoms with E-state index in [1.54, 1.807) is 0 Å². The van der Waals surface area contributed by atoms with E-state index >= 15 is 0 Å². The van der Waals surface area contributed by atoms with Crippen molar-refractivity contribution in [1.29, 1.82) is 0 Å². The highest BCUT2D eigenvalue weighted by Gasteiger charge is 2.15. The largest absolute Gasteiger partial charge is 0.397 e. The number of nitrogens with two attached hydrogens (primary N) is 1. The van der Waals surface area contributed by atoms with Crippen molar-refractivity contribution in [3.8, 4) is 0 Å². The molecule has 0 aliphatic carbocycles. The molecule has 0 fully saturated rings. The lowest BCUT2D eigenvalue weighted by atomic mass is 10.2. The first-order valence-electron chi connectivity index (χ1n) is 5.44. The summed E-state index contributed by atoms with van der Waals surface area (Å²) >= 11 is 5.69. The molecule has 0 spiro atoms. The van der Waals surface area contributed by atoms with E-state index in [-0.39, 0.29) is 27.6 Å². The van der Waals surface area contributed by atoms with Crippen LogP contribution in [0.3, 0.4) is 0 Å². The third kappa shape index (κ3) is 2.83. The van der Waals surface area contributed by atoms with Crippen LogP contribution < -0.4 is 11.1 Å². The van der Waals surface area contributed by atoms with E-state index in [1.807, 2.05) is 0 Å². The lowest BCUT2D eigenvalue weighted by Crippen LogP contribution is -2.14. The van der Waals surface area contributed by atoms with Crippen LogP contribution >= 0.6 is 11.6 Å². The van der Waals surface area contributed by atoms with Gasteiger partial charge in [-0.25, -0.2) is 0 Å². The maximum Gasteiger partial charge on any atom is 0.289 e. The monoisotopic (exact) mass is 292 g/mol. The lowest BCUT2D eigenvalue weighted by Gasteiger charge is -2.07. The normalized spacial score (nSPS) is 10.1. The van der Waals surface area contributed by atoms with Crippen LogP contribution in [0.5, 0.6) is 0 Å². The van der Waals surface area contributed by atoms with Crippen LogP contribution in [0.2, 0.25) is 5.02 Å². The predicted octanol–water partition coefficient (Wildman–Crippen LogP) is 2.48. The first-order chi connectivity index (χ1) is 9.49. The Morgan fingerprint density at radius 3 is 2.80 bits per heavy atom. The number of nitrogens with zero attached hydrogens (tertiary/aromatic N) is 2. The Bertz CT molecular complexity index is 690. The van der Waals surface area contributed by atoms with Gasteiger partial charge in [0, 0.05) is 18.0 Å². The zero-order valence-electron chi connectivity index (χ0n) is 10.0. The molecule has 0 atom stereocenters. The number of amides is 1. The molecule has 7 nitrogen and oxygen atoms in total. The minimum atomic E-state index is -0.626. The van der Waals surface area contributed by atoms with E-state index in [0.717, 1.165) is 0 Å². The fourth-order valence-corrected chi connectivity index (χ4v) is 1.73. The number of nitro benzene ring substituents is 1. The number of carbonyl (C=O) groups excluding carboxylic acids is 1. The smallest absolute Gasteiger partial charge is 0.289 e. The zero-order valence-corrected chi connectivity index (χ0v) is 10.8. The second kappa shape index (κ2) is 5.54. The highest BCUT2D eigenvalue weighted by Crippen LogP contribution is 2.27. The molecule has 3 N–H and O–H groups in total. The van der Waals surface area contributed by atoms with Crippen molar-refractivity contribution in [3.63, 3.8) is 0 Å². The van der Waals surface area contributed by atoms with Gasteiger partial charge in [-0.15, -0.1) is 0 Å². The molecule has 8 heteroatoms. The number of hydrogen-bond donors (Lipinski definition) is 2. The third-order valence-corrected chi connectivity index (χ3v) is 2.82. The summed E-state index contributed by atoms with van der Waals surface area (Å²) < 4.78 is 0. The molecule has 1 amide bonds. The van der Waals surface area contributed by atoms with Crippen LogP contribution in [0.1, 0.15) is 10.4 Å². The molecule has 0 saturated carbocycles. The topological polar surface area (TPSA) is 111 Å². The summed E-state index contributed by atoms with van der Waals surface area (Å²) in [5.41, 5.74) is 6.04. The van der Waals surface area contributed by atoms with Gasteiger partial charge in [-0.1, -0.05) is 11.6 Å². The summed E-state index contributed by atoms with van der Waals surface area (Å²) in [5.74, 6) is -0.485. The van der Waals surface area contributed by atoms with Gasteiger partial charge in [-0.05, 0) is 18.2 Å². The van der Waals surface area contributed by atoms with Crippen molar-refractivity contribution in [3.05, 3.63) is 57.4 Å². The molecule has 20 heavy (non-hydrogen) atoms. The van der Waals surface area contributed by atoms with Crippen LogP contribution in [0.4, 0.5) is 17.1 Å². The van der Waals surface area contributed by atoms with Crippen molar-refractivity contribution in [2.24, 2.45) is 0 Å². The minimum Gasteiger partial charge on any atom is -0.397 e. The van der Waals surface area contributed by atoms with Gasteiger partial charge in [0.2, 0.25) is 0 Å². The molecule has 0 unspecified atom stereocenters. The highest BCUT2D eigenvalue weighted by molar-refractivity contribution is 6.32. The Morgan fingerprint density at radius 1 is 1.40 bits per heavy atom. The number of nitrogens with one attached hydrogen (secondary N) is 1. The molecule has 0 aliphatic rings.